The molecule has 1 rings (SSSR count). The van der Waals surface area contributed by atoms with Crippen LogP contribution >= 0.6 is 0 Å². The van der Waals surface area contributed by atoms with E-state index in [-0.39, 0.29) is 18.9 Å². The molecule has 6 nitrogen and oxygen atoms in total. The topological polar surface area (TPSA) is 70.1 Å². The Morgan fingerprint density at radius 3 is 2.56 bits per heavy atom. The number of amides is 2. The molecular formula is C19H34N2O4. The van der Waals surface area contributed by atoms with Crippen molar-refractivity contribution in [3.63, 3.8) is 0 Å². The number of ether oxygens (including phenoxy) is 1. The lowest BCUT2D eigenvalue weighted by Crippen LogP contribution is -2.48. The Hall–Kier alpha value is -1.56. The minimum atomic E-state index is -0.685. The summed E-state index contributed by atoms with van der Waals surface area (Å²) < 4.78 is 5.36. The summed E-state index contributed by atoms with van der Waals surface area (Å²) >= 11 is 0. The molecule has 1 fully saturated rings. The third-order valence-electron chi connectivity index (χ3n) is 4.17. The van der Waals surface area contributed by atoms with Crippen LogP contribution in [0.5, 0.6) is 0 Å². The van der Waals surface area contributed by atoms with E-state index in [4.69, 9.17) is 4.74 Å². The highest BCUT2D eigenvalue weighted by molar-refractivity contribution is 5.86. The van der Waals surface area contributed by atoms with Gasteiger partial charge < -0.3 is 14.7 Å². The fourth-order valence-corrected chi connectivity index (χ4v) is 2.89. The summed E-state index contributed by atoms with van der Waals surface area (Å²) in [7, 11) is 1.76. The number of carbonyl (C=O) groups excluding carboxylic acids is 2. The maximum Gasteiger partial charge on any atom is 0.411 e. The molecule has 0 aromatic heterocycles. The first kappa shape index (κ1) is 21.5. The van der Waals surface area contributed by atoms with Crippen LogP contribution in [0, 0.1) is 0 Å². The highest BCUT2D eigenvalue weighted by Gasteiger charge is 2.41. The Morgan fingerprint density at radius 2 is 1.96 bits per heavy atom. The Bertz CT molecular complexity index is 471. The maximum absolute atomic E-state index is 12.7. The van der Waals surface area contributed by atoms with Crippen LogP contribution in [-0.4, -0.2) is 64.8 Å². The van der Waals surface area contributed by atoms with Crippen molar-refractivity contribution in [2.45, 2.75) is 77.5 Å². The van der Waals surface area contributed by atoms with Crippen LogP contribution in [0.2, 0.25) is 0 Å². The molecule has 0 aliphatic carbocycles. The third-order valence-corrected chi connectivity index (χ3v) is 4.17. The van der Waals surface area contributed by atoms with Crippen LogP contribution in [0.1, 0.15) is 59.8 Å². The first-order valence-corrected chi connectivity index (χ1v) is 9.19. The van der Waals surface area contributed by atoms with E-state index in [2.05, 4.69) is 6.08 Å². The van der Waals surface area contributed by atoms with Gasteiger partial charge in [-0.05, 0) is 47.0 Å². The zero-order chi connectivity index (χ0) is 19.0. The van der Waals surface area contributed by atoms with Gasteiger partial charge in [-0.25, -0.2) is 4.79 Å². The second kappa shape index (κ2) is 9.80. The Morgan fingerprint density at radius 1 is 1.28 bits per heavy atom. The number of aliphatic hydroxyl groups excluding tert-OH is 1. The van der Waals surface area contributed by atoms with Gasteiger partial charge in [0.05, 0.1) is 12.6 Å². The van der Waals surface area contributed by atoms with E-state index in [0.29, 0.717) is 6.54 Å². The molecule has 0 aromatic rings. The highest BCUT2D eigenvalue weighted by atomic mass is 16.6. The highest BCUT2D eigenvalue weighted by Crippen LogP contribution is 2.23. The van der Waals surface area contributed by atoms with E-state index in [0.717, 1.165) is 25.7 Å². The summed E-state index contributed by atoms with van der Waals surface area (Å²) in [6.45, 7) is 8.17. The first-order valence-electron chi connectivity index (χ1n) is 9.19. The number of hydrogen-bond donors (Lipinski definition) is 1. The molecule has 1 aliphatic heterocycles. The van der Waals surface area contributed by atoms with Gasteiger partial charge in [0.15, 0.2) is 0 Å². The maximum atomic E-state index is 12.7. The van der Waals surface area contributed by atoms with Gasteiger partial charge >= 0.3 is 6.09 Å². The number of likely N-dealkylation sites (tertiary alicyclic amines) is 1. The monoisotopic (exact) mass is 354 g/mol. The van der Waals surface area contributed by atoms with Gasteiger partial charge in [0.2, 0.25) is 5.91 Å². The van der Waals surface area contributed by atoms with Gasteiger partial charge in [-0.2, -0.15) is 0 Å². The van der Waals surface area contributed by atoms with E-state index in [1.54, 1.807) is 32.7 Å². The molecule has 0 aromatic carbocycles. The molecule has 25 heavy (non-hydrogen) atoms. The van der Waals surface area contributed by atoms with Crippen molar-refractivity contribution in [2.75, 3.05) is 20.1 Å². The number of rotatable bonds is 7. The van der Waals surface area contributed by atoms with Crippen LogP contribution in [0.4, 0.5) is 4.79 Å². The average Bonchev–Trinajstić information content (AvgIpc) is 2.90. The van der Waals surface area contributed by atoms with Crippen molar-refractivity contribution >= 4 is 12.0 Å². The van der Waals surface area contributed by atoms with Crippen molar-refractivity contribution in [1.29, 1.82) is 0 Å². The molecule has 2 unspecified atom stereocenters. The molecule has 0 bridgehead atoms. The molecule has 0 spiro atoms. The molecule has 1 aliphatic rings. The lowest BCUT2D eigenvalue weighted by atomic mass is 10.1. The molecule has 0 saturated carbocycles. The van der Waals surface area contributed by atoms with Gasteiger partial charge in [0.1, 0.15) is 11.6 Å². The largest absolute Gasteiger partial charge is 0.444 e. The minimum absolute atomic E-state index is 0.129. The minimum Gasteiger partial charge on any atom is -0.444 e. The van der Waals surface area contributed by atoms with Crippen LogP contribution in [0.3, 0.4) is 0 Å². The Balaban J connectivity index is 2.54. The fourth-order valence-electron chi connectivity index (χ4n) is 2.89. The van der Waals surface area contributed by atoms with Crippen molar-refractivity contribution in [1.82, 2.24) is 9.80 Å². The summed E-state index contributed by atoms with van der Waals surface area (Å²) in [5.74, 6) is -0.129. The average molecular weight is 354 g/mol. The first-order chi connectivity index (χ1) is 11.7. The predicted octanol–water partition coefficient (Wildman–Crippen LogP) is 2.95. The fraction of sp³-hybridized carbons (Fsp3) is 0.789. The summed E-state index contributed by atoms with van der Waals surface area (Å²) in [4.78, 5) is 28.0. The number of aliphatic hydroxyl groups is 1. The van der Waals surface area contributed by atoms with Crippen LogP contribution in [-0.2, 0) is 9.53 Å². The second-order valence-electron chi connectivity index (χ2n) is 7.72. The summed E-state index contributed by atoms with van der Waals surface area (Å²) in [6, 6.07) is -0.641. The van der Waals surface area contributed by atoms with Crippen molar-refractivity contribution in [3.05, 3.63) is 12.2 Å². The molecule has 1 N–H and O–H groups in total. The zero-order valence-electron chi connectivity index (χ0n) is 16.3. The summed E-state index contributed by atoms with van der Waals surface area (Å²) in [5.41, 5.74) is -0.628. The van der Waals surface area contributed by atoms with E-state index in [9.17, 15) is 14.7 Å². The van der Waals surface area contributed by atoms with Gasteiger partial charge in [-0.1, -0.05) is 18.6 Å². The van der Waals surface area contributed by atoms with E-state index in [1.807, 2.05) is 13.0 Å². The molecule has 2 amide bonds. The third kappa shape index (κ3) is 7.46. The molecule has 144 valence electrons. The van der Waals surface area contributed by atoms with E-state index < -0.39 is 23.8 Å². The normalized spacial score (nSPS) is 21.0. The molecule has 1 saturated heterocycles. The lowest BCUT2D eigenvalue weighted by Gasteiger charge is -2.30. The van der Waals surface area contributed by atoms with Gasteiger partial charge in [-0.15, -0.1) is 0 Å². The number of hydrogen-bond acceptors (Lipinski definition) is 4. The Labute approximate surface area is 151 Å². The molecule has 0 radical (unpaired) electrons. The van der Waals surface area contributed by atoms with Gasteiger partial charge in [-0.3, -0.25) is 9.69 Å². The number of β-amino-alcohol motifs (C(OH)–C–C–N with tert-alkyl or cyclic N) is 1. The van der Waals surface area contributed by atoms with Crippen LogP contribution in [0.15, 0.2) is 12.2 Å². The Kier molecular flexibility index (Phi) is 8.42. The quantitative estimate of drug-likeness (QED) is 0.564. The van der Waals surface area contributed by atoms with Gasteiger partial charge in [0, 0.05) is 20.0 Å². The van der Waals surface area contributed by atoms with E-state index in [1.165, 1.54) is 4.90 Å². The summed E-state index contributed by atoms with van der Waals surface area (Å²) in [6.07, 6.45) is 7.40. The number of carbonyl (C=O) groups is 2. The number of likely N-dealkylation sites (N-methyl/N-ethyl adjacent to an activating group) is 1. The van der Waals surface area contributed by atoms with Crippen molar-refractivity contribution in [3.8, 4) is 0 Å². The summed E-state index contributed by atoms with van der Waals surface area (Å²) in [5, 5.41) is 9.92. The number of unbranched alkanes of at least 4 members (excludes halogenated alkanes) is 3. The van der Waals surface area contributed by atoms with E-state index >= 15 is 0 Å². The molecule has 1 heterocycles. The molecule has 6 heteroatoms. The SMILES string of the molecule is CC=CCCCCCN(C)C(=O)C1CC(O)CN1C(=O)OC(C)(C)C. The number of nitrogens with zero attached hydrogens (tertiary/aromatic N) is 2. The zero-order valence-corrected chi connectivity index (χ0v) is 16.3. The van der Waals surface area contributed by atoms with Crippen molar-refractivity contribution in [2.24, 2.45) is 0 Å². The van der Waals surface area contributed by atoms with Crippen LogP contribution in [0.25, 0.3) is 0 Å². The smallest absolute Gasteiger partial charge is 0.411 e. The molecule has 2 atom stereocenters. The predicted molar refractivity (Wildman–Crippen MR) is 98.3 cm³/mol. The number of allylic oxidation sites excluding steroid dienone is 2. The lowest BCUT2D eigenvalue weighted by molar-refractivity contribution is -0.134. The van der Waals surface area contributed by atoms with Crippen LogP contribution < -0.4 is 0 Å². The standard InChI is InChI=1S/C19H34N2O4/c1-6-7-8-9-10-11-12-20(5)17(23)16-13-15(22)14-21(16)18(24)25-19(2,3)4/h6-7,15-16,22H,8-14H2,1-5H3. The second-order valence-corrected chi connectivity index (χ2v) is 7.72. The molecular weight excluding hydrogens is 320 g/mol. The van der Waals surface area contributed by atoms with Crippen molar-refractivity contribution < 1.29 is 19.4 Å². The van der Waals surface area contributed by atoms with Gasteiger partial charge in [0.25, 0.3) is 0 Å².